The highest BCUT2D eigenvalue weighted by molar-refractivity contribution is 6.00. The van der Waals surface area contributed by atoms with Crippen molar-refractivity contribution < 1.29 is 9.53 Å². The Bertz CT molecular complexity index is 1010. The molecule has 7 heteroatoms. The lowest BCUT2D eigenvalue weighted by Crippen LogP contribution is -2.28. The predicted octanol–water partition coefficient (Wildman–Crippen LogP) is 2.94. The number of rotatable bonds is 5. The first-order valence-electron chi connectivity index (χ1n) is 10.2. The SMILES string of the molecule is COC(=O)C1CCC(C2=NC(c3ccc(C(=N)N)cc3)(c3nccn3C)C=C2)CC1. The van der Waals surface area contributed by atoms with Crippen LogP contribution in [0.1, 0.15) is 42.6 Å². The van der Waals surface area contributed by atoms with Crippen LogP contribution in [0.25, 0.3) is 0 Å². The number of esters is 1. The lowest BCUT2D eigenvalue weighted by Gasteiger charge is -2.28. The molecular weight excluding hydrogens is 378 g/mol. The molecule has 2 aromatic rings. The molecular formula is C23H27N5O2. The summed E-state index contributed by atoms with van der Waals surface area (Å²) in [4.78, 5) is 21.7. The third kappa shape index (κ3) is 3.44. The zero-order chi connectivity index (χ0) is 21.3. The van der Waals surface area contributed by atoms with E-state index in [0.29, 0.717) is 11.5 Å². The first kappa shape index (κ1) is 20.1. The van der Waals surface area contributed by atoms with E-state index in [0.717, 1.165) is 42.8 Å². The Balaban J connectivity index is 1.67. The van der Waals surface area contributed by atoms with Crippen molar-refractivity contribution in [3.63, 3.8) is 0 Å². The highest BCUT2D eigenvalue weighted by atomic mass is 16.5. The van der Waals surface area contributed by atoms with Crippen LogP contribution in [0.5, 0.6) is 0 Å². The second-order valence-corrected chi connectivity index (χ2v) is 8.06. The van der Waals surface area contributed by atoms with Crippen molar-refractivity contribution in [1.82, 2.24) is 9.55 Å². The molecule has 0 spiro atoms. The van der Waals surface area contributed by atoms with Gasteiger partial charge in [-0.3, -0.25) is 15.2 Å². The van der Waals surface area contributed by atoms with Crippen molar-refractivity contribution in [1.29, 1.82) is 5.41 Å². The smallest absolute Gasteiger partial charge is 0.308 e. The van der Waals surface area contributed by atoms with E-state index in [1.54, 1.807) is 6.20 Å². The van der Waals surface area contributed by atoms with Crippen LogP contribution in [0, 0.1) is 17.2 Å². The van der Waals surface area contributed by atoms with Crippen molar-refractivity contribution in [2.75, 3.05) is 7.11 Å². The lowest BCUT2D eigenvalue weighted by molar-refractivity contribution is -0.146. The molecule has 4 rings (SSSR count). The summed E-state index contributed by atoms with van der Waals surface area (Å²) in [5.74, 6) is 1.09. The van der Waals surface area contributed by atoms with E-state index in [4.69, 9.17) is 20.9 Å². The van der Waals surface area contributed by atoms with E-state index in [1.807, 2.05) is 42.1 Å². The van der Waals surface area contributed by atoms with Gasteiger partial charge in [0.25, 0.3) is 0 Å². The van der Waals surface area contributed by atoms with Crippen molar-refractivity contribution >= 4 is 17.5 Å². The molecule has 0 radical (unpaired) electrons. The van der Waals surface area contributed by atoms with E-state index in [2.05, 4.69) is 17.1 Å². The molecule has 3 N–H and O–H groups in total. The first-order chi connectivity index (χ1) is 14.4. The molecule has 1 unspecified atom stereocenters. The molecule has 2 aliphatic rings. The minimum atomic E-state index is -0.706. The Kier molecular flexibility index (Phi) is 5.28. The molecule has 0 saturated heterocycles. The number of imidazole rings is 1. The number of aromatic nitrogens is 2. The Labute approximate surface area is 176 Å². The van der Waals surface area contributed by atoms with Gasteiger partial charge in [-0.2, -0.15) is 0 Å². The summed E-state index contributed by atoms with van der Waals surface area (Å²) in [7, 11) is 3.42. The molecule has 7 nitrogen and oxygen atoms in total. The maximum atomic E-state index is 11.8. The number of hydrogen-bond acceptors (Lipinski definition) is 5. The lowest BCUT2D eigenvalue weighted by atomic mass is 9.80. The Morgan fingerprint density at radius 1 is 1.23 bits per heavy atom. The van der Waals surface area contributed by atoms with Crippen LogP contribution in [-0.4, -0.2) is 34.2 Å². The number of nitrogen functional groups attached to an aromatic ring is 1. The number of nitrogens with two attached hydrogens (primary N) is 1. The van der Waals surface area contributed by atoms with Gasteiger partial charge in [0.05, 0.1) is 13.0 Å². The monoisotopic (exact) mass is 405 g/mol. The first-order valence-corrected chi connectivity index (χ1v) is 10.2. The average Bonchev–Trinajstić information content (AvgIpc) is 3.40. The van der Waals surface area contributed by atoms with E-state index in [-0.39, 0.29) is 17.7 Å². The summed E-state index contributed by atoms with van der Waals surface area (Å²) >= 11 is 0. The van der Waals surface area contributed by atoms with Crippen LogP contribution >= 0.6 is 0 Å². The van der Waals surface area contributed by atoms with E-state index < -0.39 is 5.54 Å². The van der Waals surface area contributed by atoms with Crippen LogP contribution in [0.4, 0.5) is 0 Å². The standard InChI is InChI=1S/C23H27N5O2/c1-28-14-13-26-22(28)23(18-9-7-16(8-10-18)20(24)25)12-11-19(27-23)15-3-5-17(6-4-15)21(29)30-2/h7-15,17H,3-6H2,1-2H3,(H3,24,25). The maximum absolute atomic E-state index is 11.8. The third-order valence-electron chi connectivity index (χ3n) is 6.28. The summed E-state index contributed by atoms with van der Waals surface area (Å²) in [5.41, 5.74) is 7.63. The van der Waals surface area contributed by atoms with Crippen LogP contribution in [0.15, 0.2) is 53.8 Å². The molecule has 1 aromatic carbocycles. The number of aliphatic imine (C=N–C) groups is 1. The molecule has 1 aromatic heterocycles. The van der Waals surface area contributed by atoms with Crippen LogP contribution < -0.4 is 5.73 Å². The summed E-state index contributed by atoms with van der Waals surface area (Å²) in [5, 5.41) is 7.65. The predicted molar refractivity (Wildman–Crippen MR) is 115 cm³/mol. The van der Waals surface area contributed by atoms with Gasteiger partial charge in [-0.1, -0.05) is 24.3 Å². The number of amidine groups is 1. The van der Waals surface area contributed by atoms with Gasteiger partial charge in [0, 0.05) is 36.6 Å². The number of nitrogens with one attached hydrogen (secondary N) is 1. The molecule has 1 saturated carbocycles. The quantitative estimate of drug-likeness (QED) is 0.453. The van der Waals surface area contributed by atoms with Crippen molar-refractivity contribution in [3.05, 3.63) is 65.8 Å². The molecule has 30 heavy (non-hydrogen) atoms. The highest BCUT2D eigenvalue weighted by Crippen LogP contribution is 2.41. The van der Waals surface area contributed by atoms with E-state index in [1.165, 1.54) is 7.11 Å². The second kappa shape index (κ2) is 7.89. The minimum absolute atomic E-state index is 0.00402. The fourth-order valence-corrected chi connectivity index (χ4v) is 4.55. The number of aryl methyl sites for hydroxylation is 1. The minimum Gasteiger partial charge on any atom is -0.469 e. The van der Waals surface area contributed by atoms with Crippen LogP contribution in [0.3, 0.4) is 0 Å². The van der Waals surface area contributed by atoms with Crippen molar-refractivity contribution in [3.8, 4) is 0 Å². The topological polar surface area (TPSA) is 106 Å². The summed E-state index contributed by atoms with van der Waals surface area (Å²) < 4.78 is 6.90. The highest BCUT2D eigenvalue weighted by Gasteiger charge is 2.40. The normalized spacial score (nSPS) is 25.7. The molecule has 0 bridgehead atoms. The number of carbonyl (C=O) groups is 1. The molecule has 1 atom stereocenters. The van der Waals surface area contributed by atoms with E-state index in [9.17, 15) is 4.79 Å². The maximum Gasteiger partial charge on any atom is 0.308 e. The van der Waals surface area contributed by atoms with Gasteiger partial charge >= 0.3 is 5.97 Å². The van der Waals surface area contributed by atoms with E-state index >= 15 is 0 Å². The molecule has 0 amide bonds. The fourth-order valence-electron chi connectivity index (χ4n) is 4.55. The van der Waals surface area contributed by atoms with Crippen molar-refractivity contribution in [2.45, 2.75) is 31.2 Å². The number of methoxy groups -OCH3 is 1. The number of nitrogens with zero attached hydrogens (tertiary/aromatic N) is 3. The largest absolute Gasteiger partial charge is 0.469 e. The average molecular weight is 406 g/mol. The number of hydrogen-bond donors (Lipinski definition) is 2. The van der Waals surface area contributed by atoms with Crippen LogP contribution in [-0.2, 0) is 22.1 Å². The third-order valence-corrected chi connectivity index (χ3v) is 6.28. The van der Waals surface area contributed by atoms with Gasteiger partial charge in [-0.15, -0.1) is 0 Å². The number of carbonyl (C=O) groups excluding carboxylic acids is 1. The van der Waals surface area contributed by atoms with Crippen molar-refractivity contribution in [2.24, 2.45) is 29.6 Å². The molecule has 1 fully saturated rings. The molecule has 1 aliphatic carbocycles. The Morgan fingerprint density at radius 3 is 2.50 bits per heavy atom. The number of benzene rings is 1. The zero-order valence-electron chi connectivity index (χ0n) is 17.3. The second-order valence-electron chi connectivity index (χ2n) is 8.06. The fraction of sp³-hybridized carbons (Fsp3) is 0.391. The van der Waals surface area contributed by atoms with Gasteiger partial charge < -0.3 is 15.0 Å². The molecule has 156 valence electrons. The summed E-state index contributed by atoms with van der Waals surface area (Å²) in [6.45, 7) is 0. The summed E-state index contributed by atoms with van der Waals surface area (Å²) in [6.07, 6.45) is 11.4. The zero-order valence-corrected chi connectivity index (χ0v) is 17.3. The van der Waals surface area contributed by atoms with Gasteiger partial charge in [0.15, 0.2) is 5.54 Å². The summed E-state index contributed by atoms with van der Waals surface area (Å²) in [6, 6.07) is 7.64. The van der Waals surface area contributed by atoms with Gasteiger partial charge in [0.2, 0.25) is 0 Å². The number of allylic oxidation sites excluding steroid dienone is 1. The molecule has 1 aliphatic heterocycles. The van der Waals surface area contributed by atoms with Gasteiger partial charge in [-0.05, 0) is 43.4 Å². The Morgan fingerprint density at radius 2 is 1.93 bits per heavy atom. The number of ether oxygens (including phenoxy) is 1. The van der Waals surface area contributed by atoms with Gasteiger partial charge in [-0.25, -0.2) is 4.98 Å². The Hall–Kier alpha value is -3.22. The molecule has 2 heterocycles. The van der Waals surface area contributed by atoms with Crippen LogP contribution in [0.2, 0.25) is 0 Å². The van der Waals surface area contributed by atoms with Gasteiger partial charge in [0.1, 0.15) is 11.7 Å².